The number of rotatable bonds is 2. The van der Waals surface area contributed by atoms with Gasteiger partial charge in [-0.15, -0.1) is 0 Å². The fourth-order valence-electron chi connectivity index (χ4n) is 2.83. The third-order valence-electron chi connectivity index (χ3n) is 3.91. The Morgan fingerprint density at radius 1 is 0.682 bits per heavy atom. The number of halogens is 1. The zero-order chi connectivity index (χ0) is 15.1. The zero-order valence-corrected chi connectivity index (χ0v) is 12.7. The van der Waals surface area contributed by atoms with E-state index < -0.39 is 7.29 Å². The fourth-order valence-corrected chi connectivity index (χ4v) is 6.20. The van der Waals surface area contributed by atoms with E-state index in [-0.39, 0.29) is 0 Å². The van der Waals surface area contributed by atoms with Crippen LogP contribution in [0.25, 0.3) is 0 Å². The summed E-state index contributed by atoms with van der Waals surface area (Å²) < 4.78 is 22.8. The van der Waals surface area contributed by atoms with Crippen LogP contribution in [-0.4, -0.2) is 0 Å². The first kappa shape index (κ1) is 13.3. The van der Waals surface area contributed by atoms with Gasteiger partial charge < -0.3 is 0 Å². The minimum absolute atomic E-state index is 0.538. The Morgan fingerprint density at radius 2 is 1.18 bits per heavy atom. The first-order valence-electron chi connectivity index (χ1n) is 7.13. The predicted molar refractivity (Wildman–Crippen MR) is 90.9 cm³/mol. The van der Waals surface area contributed by atoms with Gasteiger partial charge in [0.2, 0.25) is 0 Å². The first-order valence-corrected chi connectivity index (χ1v) is 9.17. The molecule has 4 heteroatoms. The average molecular weight is 311 g/mol. The van der Waals surface area contributed by atoms with Crippen LogP contribution < -0.4 is 20.2 Å². The molecule has 0 radical (unpaired) electrons. The summed E-state index contributed by atoms with van der Waals surface area (Å²) in [7, 11) is -4.44. The topological polar surface area (TPSA) is 21.3 Å². The maximum absolute atomic E-state index is 16.8. The molecule has 0 unspecified atom stereocenters. The second-order valence-electron chi connectivity index (χ2n) is 5.30. The molecule has 4 rings (SSSR count). The summed E-state index contributed by atoms with van der Waals surface area (Å²) in [6, 6.07) is 25.6. The molecule has 0 bridgehead atoms. The third-order valence-corrected chi connectivity index (χ3v) is 7.53. The van der Waals surface area contributed by atoms with E-state index in [1.165, 1.54) is 0 Å². The van der Waals surface area contributed by atoms with Crippen molar-refractivity contribution in [2.24, 2.45) is 0 Å². The maximum atomic E-state index is 16.8. The van der Waals surface area contributed by atoms with E-state index in [2.05, 4.69) is 5.09 Å². The van der Waals surface area contributed by atoms with Gasteiger partial charge >= 0.3 is 128 Å². The van der Waals surface area contributed by atoms with Crippen LogP contribution >= 0.6 is 7.29 Å². The molecule has 0 amide bonds. The molecule has 3 aromatic carbocycles. The van der Waals surface area contributed by atoms with Crippen LogP contribution in [0, 0.1) is 0 Å². The number of hydrogen-bond donors (Lipinski definition) is 1. The molecule has 3 aromatic rings. The summed E-state index contributed by atoms with van der Waals surface area (Å²) in [6.07, 6.45) is 0. The summed E-state index contributed by atoms with van der Waals surface area (Å²) in [6.45, 7) is 0. The van der Waals surface area contributed by atoms with E-state index >= 15 is 4.20 Å². The molecule has 110 valence electrons. The summed E-state index contributed by atoms with van der Waals surface area (Å²) in [5.41, 5.74) is 0.690. The van der Waals surface area contributed by atoms with Crippen molar-refractivity contribution in [3.63, 3.8) is 0 Å². The standard InChI is InChI=1S/C18H15FNOP/c19-22(15-9-3-1-4-10-15,16-11-5-2-6-12-16)20-17-13-7-8-14-18(17)21-22/h1-14,20H. The van der Waals surface area contributed by atoms with E-state index in [9.17, 15) is 0 Å². The molecule has 0 saturated heterocycles. The van der Waals surface area contributed by atoms with E-state index in [1.54, 1.807) is 30.3 Å². The van der Waals surface area contributed by atoms with Crippen molar-refractivity contribution >= 4 is 23.6 Å². The van der Waals surface area contributed by atoms with Crippen LogP contribution in [0.3, 0.4) is 0 Å². The fraction of sp³-hybridized carbons (Fsp3) is 0. The van der Waals surface area contributed by atoms with Crippen LogP contribution in [0.5, 0.6) is 5.75 Å². The van der Waals surface area contributed by atoms with Crippen molar-refractivity contribution < 1.29 is 8.72 Å². The molecular weight excluding hydrogens is 296 g/mol. The summed E-state index contributed by atoms with van der Waals surface area (Å²) >= 11 is 0. The third kappa shape index (κ3) is 1.76. The monoisotopic (exact) mass is 311 g/mol. The van der Waals surface area contributed by atoms with Crippen LogP contribution in [0.2, 0.25) is 0 Å². The van der Waals surface area contributed by atoms with Crippen LogP contribution in [0.4, 0.5) is 9.88 Å². The van der Waals surface area contributed by atoms with Gasteiger partial charge in [0.1, 0.15) is 0 Å². The SMILES string of the molecule is FP1(c2ccccc2)(c2ccccc2)Nc2ccccc2O1. The molecule has 1 heterocycles. The normalized spacial score (nSPS) is 19.0. The molecule has 0 saturated carbocycles. The molecule has 2 nitrogen and oxygen atoms in total. The molecule has 1 N–H and O–H groups in total. The van der Waals surface area contributed by atoms with Gasteiger partial charge in [0.25, 0.3) is 0 Å². The van der Waals surface area contributed by atoms with Crippen LogP contribution in [0.1, 0.15) is 0 Å². The predicted octanol–water partition coefficient (Wildman–Crippen LogP) is 4.41. The molecule has 0 aliphatic carbocycles. The van der Waals surface area contributed by atoms with Gasteiger partial charge in [-0.2, -0.15) is 0 Å². The van der Waals surface area contributed by atoms with Gasteiger partial charge in [-0.25, -0.2) is 0 Å². The Balaban J connectivity index is 2.00. The Labute approximate surface area is 128 Å². The van der Waals surface area contributed by atoms with Crippen molar-refractivity contribution in [1.82, 2.24) is 0 Å². The summed E-state index contributed by atoms with van der Waals surface area (Å²) in [5, 5.41) is 4.17. The summed E-state index contributed by atoms with van der Waals surface area (Å²) in [4.78, 5) is 0. The van der Waals surface area contributed by atoms with Crippen molar-refractivity contribution in [3.8, 4) is 5.75 Å². The number of benzene rings is 3. The van der Waals surface area contributed by atoms with E-state index in [1.807, 2.05) is 54.6 Å². The van der Waals surface area contributed by atoms with Crippen molar-refractivity contribution in [3.05, 3.63) is 84.9 Å². The van der Waals surface area contributed by atoms with Gasteiger partial charge in [0.15, 0.2) is 0 Å². The Morgan fingerprint density at radius 3 is 1.73 bits per heavy atom. The Bertz CT molecular complexity index is 754. The molecular formula is C18H15FNOP. The molecule has 1 aliphatic heterocycles. The molecule has 1 aliphatic rings. The molecule has 0 atom stereocenters. The number of fused-ring (bicyclic) bond motifs is 1. The second-order valence-corrected chi connectivity index (χ2v) is 8.60. The van der Waals surface area contributed by atoms with Gasteiger partial charge in [-0.05, 0) is 0 Å². The van der Waals surface area contributed by atoms with Gasteiger partial charge in [0, 0.05) is 0 Å². The second kappa shape index (κ2) is 4.56. The zero-order valence-electron chi connectivity index (χ0n) is 11.8. The molecule has 0 aromatic heterocycles. The number of nitrogens with one attached hydrogen (secondary N) is 1. The Hall–Kier alpha value is -2.38. The molecule has 0 spiro atoms. The Kier molecular flexibility index (Phi) is 2.75. The first-order chi connectivity index (χ1) is 10.7. The van der Waals surface area contributed by atoms with Gasteiger partial charge in [-0.1, -0.05) is 0 Å². The summed E-state index contributed by atoms with van der Waals surface area (Å²) in [5.74, 6) is 0.551. The number of hydrogen-bond acceptors (Lipinski definition) is 2. The molecule has 0 fully saturated rings. The van der Waals surface area contributed by atoms with E-state index in [0.717, 1.165) is 0 Å². The average Bonchev–Trinajstić information content (AvgIpc) is 2.92. The van der Waals surface area contributed by atoms with Gasteiger partial charge in [-0.3, -0.25) is 0 Å². The van der Waals surface area contributed by atoms with Crippen molar-refractivity contribution in [2.75, 3.05) is 5.09 Å². The van der Waals surface area contributed by atoms with Crippen molar-refractivity contribution in [1.29, 1.82) is 0 Å². The van der Waals surface area contributed by atoms with E-state index in [4.69, 9.17) is 4.52 Å². The number of anilines is 1. The minimum atomic E-state index is -4.44. The van der Waals surface area contributed by atoms with Crippen molar-refractivity contribution in [2.45, 2.75) is 0 Å². The van der Waals surface area contributed by atoms with Crippen LogP contribution in [-0.2, 0) is 0 Å². The molecule has 22 heavy (non-hydrogen) atoms. The van der Waals surface area contributed by atoms with E-state index in [0.29, 0.717) is 22.0 Å². The number of para-hydroxylation sites is 2. The van der Waals surface area contributed by atoms with Crippen LogP contribution in [0.15, 0.2) is 84.9 Å². The van der Waals surface area contributed by atoms with Gasteiger partial charge in [0.05, 0.1) is 0 Å². The quantitative estimate of drug-likeness (QED) is 0.708.